The summed E-state index contributed by atoms with van der Waals surface area (Å²) in [6.45, 7) is 4.00. The summed E-state index contributed by atoms with van der Waals surface area (Å²) in [4.78, 5) is 15.8. The molecule has 3 rings (SSSR count). The van der Waals surface area contributed by atoms with Crippen LogP contribution in [0.4, 0.5) is 0 Å². The summed E-state index contributed by atoms with van der Waals surface area (Å²) in [6.07, 6.45) is 1.80. The van der Waals surface area contributed by atoms with E-state index in [4.69, 9.17) is 0 Å². The molecule has 0 bridgehead atoms. The van der Waals surface area contributed by atoms with Crippen LogP contribution >= 0.6 is 0 Å². The Labute approximate surface area is 112 Å². The van der Waals surface area contributed by atoms with Gasteiger partial charge in [-0.2, -0.15) is 0 Å². The Morgan fingerprint density at radius 1 is 1.00 bits per heavy atom. The molecule has 0 saturated heterocycles. The number of aryl methyl sites for hydroxylation is 2. The van der Waals surface area contributed by atoms with Crippen molar-refractivity contribution in [2.45, 2.75) is 13.8 Å². The van der Waals surface area contributed by atoms with E-state index in [0.29, 0.717) is 0 Å². The molecule has 1 heterocycles. The SMILES string of the molecule is Cc1ccc2[nH]cc(C(=O)c3ccccc3C)c2c1. The minimum absolute atomic E-state index is 0.0787. The molecule has 2 nitrogen and oxygen atoms in total. The summed E-state index contributed by atoms with van der Waals surface area (Å²) < 4.78 is 0. The lowest BCUT2D eigenvalue weighted by Gasteiger charge is -2.03. The van der Waals surface area contributed by atoms with Crippen LogP contribution in [0.2, 0.25) is 0 Å². The van der Waals surface area contributed by atoms with Crippen LogP contribution in [0, 0.1) is 13.8 Å². The van der Waals surface area contributed by atoms with Crippen molar-refractivity contribution in [2.24, 2.45) is 0 Å². The average Bonchev–Trinajstić information content (AvgIpc) is 2.81. The maximum atomic E-state index is 12.6. The molecule has 0 aliphatic carbocycles. The topological polar surface area (TPSA) is 32.9 Å². The van der Waals surface area contributed by atoms with E-state index < -0.39 is 0 Å². The number of fused-ring (bicyclic) bond motifs is 1. The smallest absolute Gasteiger partial charge is 0.195 e. The van der Waals surface area contributed by atoms with E-state index in [9.17, 15) is 4.79 Å². The third kappa shape index (κ3) is 1.95. The summed E-state index contributed by atoms with van der Waals surface area (Å²) in [5.74, 6) is 0.0787. The highest BCUT2D eigenvalue weighted by atomic mass is 16.1. The minimum Gasteiger partial charge on any atom is -0.360 e. The standard InChI is InChI=1S/C17H15NO/c1-11-7-8-16-14(9-11)15(10-18-16)17(19)13-6-4-3-5-12(13)2/h3-10,18H,1-2H3. The molecule has 0 unspecified atom stereocenters. The number of benzene rings is 2. The molecule has 0 spiro atoms. The van der Waals surface area contributed by atoms with Gasteiger partial charge in [0.05, 0.1) is 0 Å². The number of hydrogen-bond donors (Lipinski definition) is 1. The number of aromatic nitrogens is 1. The third-order valence-corrected chi connectivity index (χ3v) is 3.47. The molecule has 0 radical (unpaired) electrons. The van der Waals surface area contributed by atoms with Gasteiger partial charge in [0.15, 0.2) is 5.78 Å². The summed E-state index contributed by atoms with van der Waals surface area (Å²) >= 11 is 0. The van der Waals surface area contributed by atoms with E-state index in [1.165, 1.54) is 0 Å². The second kappa shape index (κ2) is 4.39. The van der Waals surface area contributed by atoms with Crippen LogP contribution in [0.1, 0.15) is 27.0 Å². The van der Waals surface area contributed by atoms with E-state index >= 15 is 0 Å². The second-order valence-corrected chi connectivity index (χ2v) is 4.90. The number of carbonyl (C=O) groups is 1. The van der Waals surface area contributed by atoms with Crippen LogP contribution in [0.15, 0.2) is 48.7 Å². The maximum absolute atomic E-state index is 12.6. The van der Waals surface area contributed by atoms with Crippen LogP contribution in [0.3, 0.4) is 0 Å². The van der Waals surface area contributed by atoms with Crippen LogP contribution in [0.5, 0.6) is 0 Å². The fourth-order valence-corrected chi connectivity index (χ4v) is 2.40. The molecule has 94 valence electrons. The number of rotatable bonds is 2. The Hall–Kier alpha value is -2.35. The van der Waals surface area contributed by atoms with Crippen LogP contribution in [0.25, 0.3) is 10.9 Å². The summed E-state index contributed by atoms with van der Waals surface area (Å²) in [5.41, 5.74) is 4.68. The molecule has 2 aromatic carbocycles. The maximum Gasteiger partial charge on any atom is 0.195 e. The van der Waals surface area contributed by atoms with Gasteiger partial charge in [-0.1, -0.05) is 35.9 Å². The van der Waals surface area contributed by atoms with Crippen LogP contribution in [-0.4, -0.2) is 10.8 Å². The zero-order valence-electron chi connectivity index (χ0n) is 11.0. The first-order chi connectivity index (χ1) is 9.16. The highest BCUT2D eigenvalue weighted by Crippen LogP contribution is 2.23. The fourth-order valence-electron chi connectivity index (χ4n) is 2.40. The van der Waals surface area contributed by atoms with E-state index in [2.05, 4.69) is 11.1 Å². The van der Waals surface area contributed by atoms with Gasteiger partial charge in [-0.05, 0) is 31.5 Å². The lowest BCUT2D eigenvalue weighted by atomic mass is 9.98. The monoisotopic (exact) mass is 249 g/mol. The first-order valence-corrected chi connectivity index (χ1v) is 6.35. The van der Waals surface area contributed by atoms with Crippen molar-refractivity contribution in [1.29, 1.82) is 0 Å². The number of nitrogens with one attached hydrogen (secondary N) is 1. The normalized spacial score (nSPS) is 10.8. The van der Waals surface area contributed by atoms with Gasteiger partial charge in [-0.3, -0.25) is 4.79 Å². The molecule has 0 aliphatic heterocycles. The summed E-state index contributed by atoms with van der Waals surface area (Å²) in [5, 5.41) is 0.994. The van der Waals surface area contributed by atoms with Crippen molar-refractivity contribution in [3.63, 3.8) is 0 Å². The predicted molar refractivity (Wildman–Crippen MR) is 77.6 cm³/mol. The molecule has 0 aliphatic rings. The van der Waals surface area contributed by atoms with Gasteiger partial charge in [0, 0.05) is 28.2 Å². The second-order valence-electron chi connectivity index (χ2n) is 4.90. The Bertz CT molecular complexity index is 768. The fraction of sp³-hybridized carbons (Fsp3) is 0.118. The lowest BCUT2D eigenvalue weighted by molar-refractivity contribution is 0.104. The molecule has 0 atom stereocenters. The Morgan fingerprint density at radius 2 is 1.79 bits per heavy atom. The molecule has 0 amide bonds. The Balaban J connectivity index is 2.17. The van der Waals surface area contributed by atoms with Gasteiger partial charge >= 0.3 is 0 Å². The van der Waals surface area contributed by atoms with Gasteiger partial charge in [-0.25, -0.2) is 0 Å². The average molecular weight is 249 g/mol. The Morgan fingerprint density at radius 3 is 2.58 bits per heavy atom. The lowest BCUT2D eigenvalue weighted by Crippen LogP contribution is -2.02. The zero-order valence-corrected chi connectivity index (χ0v) is 11.0. The van der Waals surface area contributed by atoms with E-state index in [1.807, 2.05) is 50.2 Å². The number of carbonyl (C=O) groups excluding carboxylic acids is 1. The molecule has 0 saturated carbocycles. The Kier molecular flexibility index (Phi) is 2.71. The van der Waals surface area contributed by atoms with Crippen LogP contribution < -0.4 is 0 Å². The van der Waals surface area contributed by atoms with E-state index in [0.717, 1.165) is 33.2 Å². The molecule has 19 heavy (non-hydrogen) atoms. The van der Waals surface area contributed by atoms with Crippen molar-refractivity contribution < 1.29 is 4.79 Å². The molecular formula is C17H15NO. The first kappa shape index (κ1) is 11.7. The van der Waals surface area contributed by atoms with Gasteiger partial charge in [0.2, 0.25) is 0 Å². The van der Waals surface area contributed by atoms with E-state index in [-0.39, 0.29) is 5.78 Å². The minimum atomic E-state index is 0.0787. The predicted octanol–water partition coefficient (Wildman–Crippen LogP) is 4.02. The summed E-state index contributed by atoms with van der Waals surface area (Å²) in [7, 11) is 0. The molecule has 3 aromatic rings. The van der Waals surface area contributed by atoms with E-state index in [1.54, 1.807) is 6.20 Å². The van der Waals surface area contributed by atoms with Crippen molar-refractivity contribution in [3.8, 4) is 0 Å². The molecule has 1 N–H and O–H groups in total. The van der Waals surface area contributed by atoms with Crippen molar-refractivity contribution in [2.75, 3.05) is 0 Å². The number of ketones is 1. The third-order valence-electron chi connectivity index (χ3n) is 3.47. The number of aromatic amines is 1. The van der Waals surface area contributed by atoms with Crippen molar-refractivity contribution >= 4 is 16.7 Å². The highest BCUT2D eigenvalue weighted by Gasteiger charge is 2.15. The zero-order chi connectivity index (χ0) is 13.4. The number of hydrogen-bond acceptors (Lipinski definition) is 1. The molecule has 2 heteroatoms. The summed E-state index contributed by atoms with van der Waals surface area (Å²) in [6, 6.07) is 13.8. The van der Waals surface area contributed by atoms with Gasteiger partial charge in [0.25, 0.3) is 0 Å². The molecule has 1 aromatic heterocycles. The van der Waals surface area contributed by atoms with Gasteiger partial charge < -0.3 is 4.98 Å². The molecular weight excluding hydrogens is 234 g/mol. The highest BCUT2D eigenvalue weighted by molar-refractivity contribution is 6.17. The van der Waals surface area contributed by atoms with Gasteiger partial charge in [0.1, 0.15) is 0 Å². The first-order valence-electron chi connectivity index (χ1n) is 6.35. The molecule has 0 fully saturated rings. The number of H-pyrrole nitrogens is 1. The van der Waals surface area contributed by atoms with Crippen molar-refractivity contribution in [1.82, 2.24) is 4.98 Å². The largest absolute Gasteiger partial charge is 0.360 e. The van der Waals surface area contributed by atoms with Crippen molar-refractivity contribution in [3.05, 3.63) is 70.9 Å². The quantitative estimate of drug-likeness (QED) is 0.684. The van der Waals surface area contributed by atoms with Gasteiger partial charge in [-0.15, -0.1) is 0 Å². The van der Waals surface area contributed by atoms with Crippen LogP contribution in [-0.2, 0) is 0 Å².